The maximum absolute atomic E-state index is 11.5. The highest BCUT2D eigenvalue weighted by Crippen LogP contribution is 2.32. The molecule has 2 rings (SSSR count). The van der Waals surface area contributed by atoms with Gasteiger partial charge in [0.25, 0.3) is 5.91 Å². The molecule has 0 saturated carbocycles. The number of hydrogen-bond acceptors (Lipinski definition) is 4. The van der Waals surface area contributed by atoms with Crippen molar-refractivity contribution in [3.8, 4) is 5.75 Å². The van der Waals surface area contributed by atoms with E-state index in [-0.39, 0.29) is 5.91 Å². The molecule has 0 bridgehead atoms. The van der Waals surface area contributed by atoms with Crippen LogP contribution in [0.15, 0.2) is 18.2 Å². The molecule has 0 aliphatic carbocycles. The molecule has 1 heterocycles. The van der Waals surface area contributed by atoms with Crippen LogP contribution in [0.25, 0.3) is 0 Å². The molecule has 1 aliphatic heterocycles. The number of nitrogens with two attached hydrogens (primary N) is 2. The minimum Gasteiger partial charge on any atom is -0.479 e. The van der Waals surface area contributed by atoms with Crippen LogP contribution in [0, 0.1) is 0 Å². The zero-order chi connectivity index (χ0) is 12.6. The molecule has 1 aromatic rings. The average molecular weight is 235 g/mol. The van der Waals surface area contributed by atoms with Gasteiger partial charge in [-0.25, -0.2) is 0 Å². The van der Waals surface area contributed by atoms with Gasteiger partial charge in [0.1, 0.15) is 5.75 Å². The number of anilines is 1. The van der Waals surface area contributed by atoms with Gasteiger partial charge in [0.2, 0.25) is 0 Å². The van der Waals surface area contributed by atoms with Crippen LogP contribution in [0.5, 0.6) is 5.75 Å². The number of ether oxygens (including phenoxy) is 1. The van der Waals surface area contributed by atoms with Gasteiger partial charge in [-0.15, -0.1) is 0 Å². The van der Waals surface area contributed by atoms with Crippen molar-refractivity contribution in [2.45, 2.75) is 25.5 Å². The topological polar surface area (TPSA) is 90.4 Å². The summed E-state index contributed by atoms with van der Waals surface area (Å²) in [6.07, 6.45) is -0.466. The minimum absolute atomic E-state index is 0.152. The first-order chi connectivity index (χ1) is 7.94. The van der Waals surface area contributed by atoms with Gasteiger partial charge >= 0.3 is 0 Å². The zero-order valence-corrected chi connectivity index (χ0v) is 9.99. The van der Waals surface area contributed by atoms with Crippen molar-refractivity contribution in [3.63, 3.8) is 0 Å². The van der Waals surface area contributed by atoms with Gasteiger partial charge in [-0.2, -0.15) is 0 Å². The Morgan fingerprint density at radius 1 is 1.53 bits per heavy atom. The van der Waals surface area contributed by atoms with Crippen LogP contribution in [0.3, 0.4) is 0 Å². The number of nitrogens with one attached hydrogen (secondary N) is 1. The van der Waals surface area contributed by atoms with Crippen LogP contribution in [-0.2, 0) is 10.3 Å². The van der Waals surface area contributed by atoms with Gasteiger partial charge in [-0.1, -0.05) is 6.07 Å². The third-order valence-corrected chi connectivity index (χ3v) is 2.99. The highest BCUT2D eigenvalue weighted by Gasteiger charge is 2.26. The quantitative estimate of drug-likeness (QED) is 0.697. The van der Waals surface area contributed by atoms with Crippen molar-refractivity contribution in [1.29, 1.82) is 0 Å². The number of hydrogen-bond donors (Lipinski definition) is 3. The standard InChI is InChI=1S/C12H17N3O2/c1-7-11(16)15-9-5-8(12(2,14)6-13)3-4-10(9)17-7/h3-5,7H,6,13-14H2,1-2H3,(H,15,16). The molecule has 92 valence electrons. The lowest BCUT2D eigenvalue weighted by Gasteiger charge is -2.27. The summed E-state index contributed by atoms with van der Waals surface area (Å²) in [6.45, 7) is 3.89. The van der Waals surface area contributed by atoms with Gasteiger partial charge < -0.3 is 21.5 Å². The Labute approximate surface area is 100 Å². The Morgan fingerprint density at radius 2 is 2.24 bits per heavy atom. The third-order valence-electron chi connectivity index (χ3n) is 2.99. The van der Waals surface area contributed by atoms with Gasteiger partial charge in [0, 0.05) is 6.54 Å². The summed E-state index contributed by atoms with van der Waals surface area (Å²) in [5, 5.41) is 2.79. The Kier molecular flexibility index (Phi) is 2.81. The van der Waals surface area contributed by atoms with E-state index < -0.39 is 11.6 Å². The van der Waals surface area contributed by atoms with E-state index in [4.69, 9.17) is 16.2 Å². The summed E-state index contributed by atoms with van der Waals surface area (Å²) in [5.41, 5.74) is 12.6. The van der Waals surface area contributed by atoms with E-state index in [2.05, 4.69) is 5.32 Å². The lowest BCUT2D eigenvalue weighted by atomic mass is 9.92. The van der Waals surface area contributed by atoms with Gasteiger partial charge in [-0.05, 0) is 31.5 Å². The summed E-state index contributed by atoms with van der Waals surface area (Å²) in [4.78, 5) is 11.5. The van der Waals surface area contributed by atoms with Gasteiger partial charge in [0.05, 0.1) is 11.2 Å². The predicted octanol–water partition coefficient (Wildman–Crippen LogP) is 0.539. The molecule has 17 heavy (non-hydrogen) atoms. The van der Waals surface area contributed by atoms with Crippen molar-refractivity contribution in [3.05, 3.63) is 23.8 Å². The third kappa shape index (κ3) is 2.11. The molecule has 0 spiro atoms. The second-order valence-corrected chi connectivity index (χ2v) is 4.58. The van der Waals surface area contributed by atoms with Crippen LogP contribution >= 0.6 is 0 Å². The number of carbonyl (C=O) groups excluding carboxylic acids is 1. The molecule has 1 aliphatic rings. The van der Waals surface area contributed by atoms with E-state index in [0.29, 0.717) is 18.0 Å². The maximum Gasteiger partial charge on any atom is 0.265 e. The van der Waals surface area contributed by atoms with Crippen molar-refractivity contribution in [1.82, 2.24) is 0 Å². The summed E-state index contributed by atoms with van der Waals surface area (Å²) < 4.78 is 5.46. The van der Waals surface area contributed by atoms with E-state index in [1.807, 2.05) is 19.1 Å². The molecular formula is C12H17N3O2. The Morgan fingerprint density at radius 3 is 2.88 bits per heavy atom. The van der Waals surface area contributed by atoms with Crippen LogP contribution in [0.4, 0.5) is 5.69 Å². The van der Waals surface area contributed by atoms with Crippen LogP contribution < -0.4 is 21.5 Å². The Balaban J connectivity index is 2.38. The summed E-state index contributed by atoms with van der Waals surface area (Å²) >= 11 is 0. The second kappa shape index (κ2) is 4.01. The maximum atomic E-state index is 11.5. The monoisotopic (exact) mass is 235 g/mol. The molecule has 2 atom stereocenters. The normalized spacial score (nSPS) is 22.1. The molecule has 0 aromatic heterocycles. The largest absolute Gasteiger partial charge is 0.479 e. The van der Waals surface area contributed by atoms with Gasteiger partial charge in [-0.3, -0.25) is 4.79 Å². The van der Waals surface area contributed by atoms with E-state index in [1.54, 1.807) is 13.0 Å². The molecular weight excluding hydrogens is 218 g/mol. The smallest absolute Gasteiger partial charge is 0.265 e. The number of carbonyl (C=O) groups is 1. The molecule has 0 radical (unpaired) electrons. The molecule has 1 amide bonds. The van der Waals surface area contributed by atoms with Crippen molar-refractivity contribution < 1.29 is 9.53 Å². The molecule has 1 aromatic carbocycles. The van der Waals surface area contributed by atoms with E-state index >= 15 is 0 Å². The van der Waals surface area contributed by atoms with Crippen LogP contribution in [-0.4, -0.2) is 18.6 Å². The van der Waals surface area contributed by atoms with Crippen molar-refractivity contribution in [2.24, 2.45) is 11.5 Å². The van der Waals surface area contributed by atoms with Crippen molar-refractivity contribution in [2.75, 3.05) is 11.9 Å². The first kappa shape index (κ1) is 11.9. The SMILES string of the molecule is CC1Oc2ccc(C(C)(N)CN)cc2NC1=O. The fourth-order valence-corrected chi connectivity index (χ4v) is 1.68. The van der Waals surface area contributed by atoms with Crippen LogP contribution in [0.2, 0.25) is 0 Å². The van der Waals surface area contributed by atoms with Crippen molar-refractivity contribution >= 4 is 11.6 Å². The highest BCUT2D eigenvalue weighted by molar-refractivity contribution is 5.97. The van der Waals surface area contributed by atoms with E-state index in [1.165, 1.54) is 0 Å². The summed E-state index contributed by atoms with van der Waals surface area (Å²) in [7, 11) is 0. The average Bonchev–Trinajstić information content (AvgIpc) is 2.30. The van der Waals surface area contributed by atoms with E-state index in [9.17, 15) is 4.79 Å². The van der Waals surface area contributed by atoms with E-state index in [0.717, 1.165) is 5.56 Å². The minimum atomic E-state index is -0.608. The van der Waals surface area contributed by atoms with Crippen LogP contribution in [0.1, 0.15) is 19.4 Å². The number of benzene rings is 1. The number of amides is 1. The molecule has 5 N–H and O–H groups in total. The lowest BCUT2D eigenvalue weighted by molar-refractivity contribution is -0.122. The molecule has 2 unspecified atom stereocenters. The lowest BCUT2D eigenvalue weighted by Crippen LogP contribution is -2.41. The van der Waals surface area contributed by atoms with Gasteiger partial charge in [0.15, 0.2) is 6.10 Å². The molecule has 5 nitrogen and oxygen atoms in total. The summed E-state index contributed by atoms with van der Waals surface area (Å²) in [6, 6.07) is 5.49. The fraction of sp³-hybridized carbons (Fsp3) is 0.417. The summed E-state index contributed by atoms with van der Waals surface area (Å²) in [5.74, 6) is 0.509. The second-order valence-electron chi connectivity index (χ2n) is 4.58. The predicted molar refractivity (Wildman–Crippen MR) is 65.8 cm³/mol. The molecule has 0 saturated heterocycles. The Bertz CT molecular complexity index is 457. The zero-order valence-electron chi connectivity index (χ0n) is 9.99. The Hall–Kier alpha value is -1.59. The molecule has 5 heteroatoms. The number of fused-ring (bicyclic) bond motifs is 1. The fourth-order valence-electron chi connectivity index (χ4n) is 1.68. The first-order valence-electron chi connectivity index (χ1n) is 5.55. The molecule has 0 fully saturated rings. The highest BCUT2D eigenvalue weighted by atomic mass is 16.5. The number of rotatable bonds is 2. The first-order valence-corrected chi connectivity index (χ1v) is 5.55.